The first kappa shape index (κ1) is 17.2. The number of nitrogens with one attached hydrogen (secondary N) is 2. The van der Waals surface area contributed by atoms with Crippen molar-refractivity contribution in [1.29, 1.82) is 0 Å². The monoisotopic (exact) mass is 359 g/mol. The first-order chi connectivity index (χ1) is 12.8. The Bertz CT molecular complexity index is 736. The standard InChI is InChI=1S/C17H25N7O2/c25-17(18-3-6-23-7-9-26-10-8-23)13-1-4-24(5-2-13)16-14-15(20-11-19-14)21-12-22-16/h11-13H,1-10H2,(H,18,25)(H,19,20,21,22). The van der Waals surface area contributed by atoms with Crippen LogP contribution >= 0.6 is 0 Å². The molecule has 0 unspecified atom stereocenters. The van der Waals surface area contributed by atoms with Gasteiger partial charge in [-0.15, -0.1) is 0 Å². The van der Waals surface area contributed by atoms with E-state index in [0.29, 0.717) is 12.2 Å². The molecule has 0 aliphatic carbocycles. The zero-order valence-electron chi connectivity index (χ0n) is 14.9. The highest BCUT2D eigenvalue weighted by molar-refractivity contribution is 5.83. The van der Waals surface area contributed by atoms with E-state index in [1.807, 2.05) is 0 Å². The Kier molecular flexibility index (Phi) is 5.26. The largest absolute Gasteiger partial charge is 0.379 e. The fourth-order valence-electron chi connectivity index (χ4n) is 3.65. The first-order valence-electron chi connectivity index (χ1n) is 9.28. The van der Waals surface area contributed by atoms with Gasteiger partial charge in [-0.2, -0.15) is 0 Å². The molecular weight excluding hydrogens is 334 g/mol. The SMILES string of the molecule is O=C(NCCN1CCOCC1)C1CCN(c2ncnc3nc[nH]c23)CC1. The minimum atomic E-state index is 0.0787. The van der Waals surface area contributed by atoms with Crippen molar-refractivity contribution in [1.82, 2.24) is 30.2 Å². The van der Waals surface area contributed by atoms with Gasteiger partial charge in [0.05, 0.1) is 19.5 Å². The number of morpholine rings is 1. The van der Waals surface area contributed by atoms with Gasteiger partial charge in [-0.05, 0) is 12.8 Å². The van der Waals surface area contributed by atoms with E-state index in [0.717, 1.165) is 70.1 Å². The molecular formula is C17H25N7O2. The van der Waals surface area contributed by atoms with Gasteiger partial charge in [0, 0.05) is 45.2 Å². The maximum atomic E-state index is 12.4. The Morgan fingerprint density at radius 3 is 2.81 bits per heavy atom. The minimum absolute atomic E-state index is 0.0787. The number of rotatable bonds is 5. The van der Waals surface area contributed by atoms with Crippen LogP contribution in [0.25, 0.3) is 11.2 Å². The van der Waals surface area contributed by atoms with Crippen molar-refractivity contribution >= 4 is 22.9 Å². The summed E-state index contributed by atoms with van der Waals surface area (Å²) >= 11 is 0. The van der Waals surface area contributed by atoms with Crippen molar-refractivity contribution in [3.63, 3.8) is 0 Å². The van der Waals surface area contributed by atoms with E-state index in [1.165, 1.54) is 0 Å². The Hall–Kier alpha value is -2.26. The Morgan fingerprint density at radius 2 is 2.00 bits per heavy atom. The molecule has 0 spiro atoms. The van der Waals surface area contributed by atoms with Crippen LogP contribution in [0.1, 0.15) is 12.8 Å². The first-order valence-corrected chi connectivity index (χ1v) is 9.28. The number of H-pyrrole nitrogens is 1. The van der Waals surface area contributed by atoms with E-state index in [9.17, 15) is 4.79 Å². The summed E-state index contributed by atoms with van der Waals surface area (Å²) in [4.78, 5) is 32.8. The molecule has 2 aromatic heterocycles. The summed E-state index contributed by atoms with van der Waals surface area (Å²) in [6.07, 6.45) is 4.85. The van der Waals surface area contributed by atoms with Gasteiger partial charge in [0.1, 0.15) is 11.8 Å². The third kappa shape index (κ3) is 3.78. The molecule has 4 heterocycles. The maximum Gasteiger partial charge on any atom is 0.223 e. The number of amides is 1. The minimum Gasteiger partial charge on any atom is -0.379 e. The second kappa shape index (κ2) is 7.96. The van der Waals surface area contributed by atoms with Gasteiger partial charge in [0.15, 0.2) is 11.5 Å². The molecule has 0 aromatic carbocycles. The van der Waals surface area contributed by atoms with Crippen LogP contribution in [0.5, 0.6) is 0 Å². The number of nitrogens with zero attached hydrogens (tertiary/aromatic N) is 5. The van der Waals surface area contributed by atoms with Crippen molar-refractivity contribution < 1.29 is 9.53 Å². The highest BCUT2D eigenvalue weighted by atomic mass is 16.5. The molecule has 0 atom stereocenters. The van der Waals surface area contributed by atoms with Crippen molar-refractivity contribution in [2.75, 3.05) is 57.4 Å². The van der Waals surface area contributed by atoms with Crippen LogP contribution in [0.3, 0.4) is 0 Å². The second-order valence-electron chi connectivity index (χ2n) is 6.80. The topological polar surface area (TPSA) is 99.3 Å². The summed E-state index contributed by atoms with van der Waals surface area (Å²) in [6, 6.07) is 0. The van der Waals surface area contributed by atoms with E-state index in [-0.39, 0.29) is 11.8 Å². The zero-order chi connectivity index (χ0) is 17.8. The summed E-state index contributed by atoms with van der Waals surface area (Å²) in [7, 11) is 0. The Morgan fingerprint density at radius 1 is 1.19 bits per heavy atom. The summed E-state index contributed by atoms with van der Waals surface area (Å²) < 4.78 is 5.34. The number of anilines is 1. The van der Waals surface area contributed by atoms with Gasteiger partial charge in [0.25, 0.3) is 0 Å². The summed E-state index contributed by atoms with van der Waals surface area (Å²) in [5.74, 6) is 1.13. The average molecular weight is 359 g/mol. The second-order valence-corrected chi connectivity index (χ2v) is 6.80. The van der Waals surface area contributed by atoms with Crippen LogP contribution in [0.15, 0.2) is 12.7 Å². The van der Waals surface area contributed by atoms with Crippen molar-refractivity contribution in [2.24, 2.45) is 5.92 Å². The van der Waals surface area contributed by atoms with Crippen LogP contribution in [-0.2, 0) is 9.53 Å². The van der Waals surface area contributed by atoms with Crippen LogP contribution in [0.4, 0.5) is 5.82 Å². The van der Waals surface area contributed by atoms with E-state index in [1.54, 1.807) is 12.7 Å². The normalized spacial score (nSPS) is 19.8. The fourth-order valence-corrected chi connectivity index (χ4v) is 3.65. The Labute approximate surface area is 152 Å². The highest BCUT2D eigenvalue weighted by Crippen LogP contribution is 2.25. The van der Waals surface area contributed by atoms with Gasteiger partial charge in [-0.1, -0.05) is 0 Å². The van der Waals surface area contributed by atoms with Crippen molar-refractivity contribution in [3.8, 4) is 0 Å². The lowest BCUT2D eigenvalue weighted by Gasteiger charge is -2.32. The van der Waals surface area contributed by atoms with Crippen molar-refractivity contribution in [2.45, 2.75) is 12.8 Å². The van der Waals surface area contributed by atoms with Gasteiger partial charge in [0.2, 0.25) is 5.91 Å². The summed E-state index contributed by atoms with van der Waals surface area (Å²) in [5.41, 5.74) is 1.54. The molecule has 0 bridgehead atoms. The molecule has 0 radical (unpaired) electrons. The summed E-state index contributed by atoms with van der Waals surface area (Å²) in [6.45, 7) is 6.72. The highest BCUT2D eigenvalue weighted by Gasteiger charge is 2.26. The molecule has 2 N–H and O–H groups in total. The van der Waals surface area contributed by atoms with E-state index >= 15 is 0 Å². The zero-order valence-corrected chi connectivity index (χ0v) is 14.9. The van der Waals surface area contributed by atoms with Crippen LogP contribution in [0, 0.1) is 5.92 Å². The molecule has 26 heavy (non-hydrogen) atoms. The van der Waals surface area contributed by atoms with Gasteiger partial charge in [-0.25, -0.2) is 15.0 Å². The molecule has 9 heteroatoms. The number of ether oxygens (including phenoxy) is 1. The third-order valence-corrected chi connectivity index (χ3v) is 5.20. The predicted octanol–water partition coefficient (Wildman–Crippen LogP) is 0.0177. The molecule has 1 amide bonds. The van der Waals surface area contributed by atoms with Gasteiger partial charge < -0.3 is 19.9 Å². The molecule has 4 rings (SSSR count). The van der Waals surface area contributed by atoms with E-state index in [2.05, 4.69) is 35.1 Å². The van der Waals surface area contributed by atoms with Crippen molar-refractivity contribution in [3.05, 3.63) is 12.7 Å². The van der Waals surface area contributed by atoms with Gasteiger partial charge >= 0.3 is 0 Å². The lowest BCUT2D eigenvalue weighted by molar-refractivity contribution is -0.125. The molecule has 9 nitrogen and oxygen atoms in total. The molecule has 2 saturated heterocycles. The average Bonchev–Trinajstić information content (AvgIpc) is 3.18. The molecule has 2 fully saturated rings. The van der Waals surface area contributed by atoms with E-state index in [4.69, 9.17) is 4.74 Å². The number of hydrogen-bond donors (Lipinski definition) is 2. The molecule has 2 aliphatic heterocycles. The number of carbonyl (C=O) groups excluding carboxylic acids is 1. The van der Waals surface area contributed by atoms with Gasteiger partial charge in [-0.3, -0.25) is 9.69 Å². The maximum absolute atomic E-state index is 12.4. The molecule has 2 aliphatic rings. The number of imidazole rings is 1. The predicted molar refractivity (Wildman–Crippen MR) is 96.9 cm³/mol. The van der Waals surface area contributed by atoms with E-state index < -0.39 is 0 Å². The third-order valence-electron chi connectivity index (χ3n) is 5.20. The number of fused-ring (bicyclic) bond motifs is 1. The summed E-state index contributed by atoms with van der Waals surface area (Å²) in [5, 5.41) is 3.10. The number of aromatic amines is 1. The quantitative estimate of drug-likeness (QED) is 0.776. The fraction of sp³-hybridized carbons (Fsp3) is 0.647. The lowest BCUT2D eigenvalue weighted by Crippen LogP contribution is -2.44. The Balaban J connectivity index is 1.25. The van der Waals surface area contributed by atoms with Crippen LogP contribution in [0.2, 0.25) is 0 Å². The van der Waals surface area contributed by atoms with Crippen LogP contribution < -0.4 is 10.2 Å². The number of carbonyl (C=O) groups is 1. The number of hydrogen-bond acceptors (Lipinski definition) is 7. The number of aromatic nitrogens is 4. The smallest absolute Gasteiger partial charge is 0.223 e. The molecule has 0 saturated carbocycles. The van der Waals surface area contributed by atoms with Crippen LogP contribution in [-0.4, -0.2) is 83.2 Å². The lowest BCUT2D eigenvalue weighted by atomic mass is 9.96. The number of piperidine rings is 1. The molecule has 140 valence electrons. The molecule has 2 aromatic rings.